The van der Waals surface area contributed by atoms with Gasteiger partial charge in [0.15, 0.2) is 0 Å². The molecule has 0 saturated carbocycles. The number of anilines is 1. The quantitative estimate of drug-likeness (QED) is 0.645. The van der Waals surface area contributed by atoms with Gasteiger partial charge in [0.25, 0.3) is 5.76 Å². The Balaban J connectivity index is 1.65. The van der Waals surface area contributed by atoms with Crippen molar-refractivity contribution < 1.29 is 22.0 Å². The highest BCUT2D eigenvalue weighted by Gasteiger charge is 2.33. The lowest BCUT2D eigenvalue weighted by atomic mass is 9.97. The van der Waals surface area contributed by atoms with Gasteiger partial charge in [-0.05, 0) is 50.5 Å². The second kappa shape index (κ2) is 9.45. The first-order valence-corrected chi connectivity index (χ1v) is 11.9. The fraction of sp³-hybridized carbons (Fsp3) is 0.381. The number of hydrogen-bond donors (Lipinski definition) is 1. The Hall–Kier alpha value is -1.97. The molecule has 1 amide bonds. The van der Waals surface area contributed by atoms with E-state index in [1.807, 2.05) is 13.0 Å². The van der Waals surface area contributed by atoms with Gasteiger partial charge < -0.3 is 5.32 Å². The van der Waals surface area contributed by atoms with E-state index in [4.69, 9.17) is 0 Å². The molecule has 1 aliphatic heterocycles. The van der Waals surface area contributed by atoms with Crippen LogP contribution in [-0.2, 0) is 14.8 Å². The summed E-state index contributed by atoms with van der Waals surface area (Å²) >= 11 is 0.382. The van der Waals surface area contributed by atoms with E-state index in [1.54, 1.807) is 37.3 Å². The molecule has 30 heavy (non-hydrogen) atoms. The maximum atomic E-state index is 13.0. The number of benzene rings is 2. The lowest BCUT2D eigenvalue weighted by Gasteiger charge is -2.31. The van der Waals surface area contributed by atoms with Gasteiger partial charge in [0.2, 0.25) is 15.9 Å². The first kappa shape index (κ1) is 22.7. The number of nitrogens with zero attached hydrogens (tertiary/aromatic N) is 1. The predicted molar refractivity (Wildman–Crippen MR) is 114 cm³/mol. The minimum atomic E-state index is -3.62. The molecule has 5 nitrogen and oxygen atoms in total. The third-order valence-corrected chi connectivity index (χ3v) is 7.98. The van der Waals surface area contributed by atoms with Crippen molar-refractivity contribution in [3.63, 3.8) is 0 Å². The van der Waals surface area contributed by atoms with Crippen LogP contribution in [0.3, 0.4) is 0 Å². The minimum absolute atomic E-state index is 0.237. The molecular formula is C21H24F2N2O3S2. The van der Waals surface area contributed by atoms with Crippen molar-refractivity contribution in [1.82, 2.24) is 4.31 Å². The van der Waals surface area contributed by atoms with Crippen LogP contribution in [0.5, 0.6) is 0 Å². The largest absolute Gasteiger partial charge is 0.325 e. The van der Waals surface area contributed by atoms with Gasteiger partial charge in [-0.2, -0.15) is 13.1 Å². The lowest BCUT2D eigenvalue weighted by Crippen LogP contribution is -2.41. The zero-order chi connectivity index (χ0) is 21.9. The standard InChI is InChI=1S/C21H24F2N2O3S2/c1-14-7-8-19(15(2)13-14)30(27,28)25-11-9-16(10-12-25)20(26)24-17-5-3-4-6-18(17)29-21(22)23/h3-8,13,16,21H,9-12H2,1-2H3,(H,24,26). The van der Waals surface area contributed by atoms with Crippen molar-refractivity contribution in [2.45, 2.75) is 42.2 Å². The van der Waals surface area contributed by atoms with Crippen LogP contribution in [0.2, 0.25) is 0 Å². The molecule has 0 bridgehead atoms. The smallest absolute Gasteiger partial charge is 0.288 e. The third kappa shape index (κ3) is 5.19. The number of amides is 1. The van der Waals surface area contributed by atoms with Crippen LogP contribution in [0.1, 0.15) is 24.0 Å². The fourth-order valence-electron chi connectivity index (χ4n) is 3.59. The van der Waals surface area contributed by atoms with Crippen molar-refractivity contribution >= 4 is 33.4 Å². The monoisotopic (exact) mass is 454 g/mol. The summed E-state index contributed by atoms with van der Waals surface area (Å²) in [5.74, 6) is -3.23. The molecule has 2 aromatic rings. The van der Waals surface area contributed by atoms with Gasteiger partial charge in [0, 0.05) is 23.9 Å². The fourth-order valence-corrected chi connectivity index (χ4v) is 5.86. The van der Waals surface area contributed by atoms with Crippen molar-refractivity contribution in [3.05, 3.63) is 53.6 Å². The topological polar surface area (TPSA) is 66.5 Å². The number of carbonyl (C=O) groups excluding carboxylic acids is 1. The van der Waals surface area contributed by atoms with E-state index in [2.05, 4.69) is 5.32 Å². The van der Waals surface area contributed by atoms with Crippen LogP contribution in [-0.4, -0.2) is 37.5 Å². The molecule has 2 aromatic carbocycles. The molecule has 1 saturated heterocycles. The Bertz CT molecular complexity index is 1020. The number of aryl methyl sites for hydroxylation is 2. The molecule has 162 valence electrons. The first-order chi connectivity index (χ1) is 14.2. The molecule has 0 aliphatic carbocycles. The summed E-state index contributed by atoms with van der Waals surface area (Å²) < 4.78 is 52.8. The van der Waals surface area contributed by atoms with E-state index in [-0.39, 0.29) is 29.8 Å². The molecule has 0 spiro atoms. The number of para-hydroxylation sites is 1. The summed E-state index contributed by atoms with van der Waals surface area (Å²) in [5, 5.41) is 2.73. The molecule has 0 radical (unpaired) electrons. The maximum absolute atomic E-state index is 13.0. The first-order valence-electron chi connectivity index (χ1n) is 9.60. The number of thioether (sulfide) groups is 1. The average Bonchev–Trinajstić information content (AvgIpc) is 2.69. The van der Waals surface area contributed by atoms with Gasteiger partial charge in [-0.15, -0.1) is 0 Å². The number of nitrogens with one attached hydrogen (secondary N) is 1. The Kier molecular flexibility index (Phi) is 7.15. The van der Waals surface area contributed by atoms with Crippen molar-refractivity contribution in [2.24, 2.45) is 5.92 Å². The minimum Gasteiger partial charge on any atom is -0.325 e. The number of alkyl halides is 2. The van der Waals surface area contributed by atoms with Crippen LogP contribution in [0, 0.1) is 19.8 Å². The molecule has 1 aliphatic rings. The van der Waals surface area contributed by atoms with Crippen LogP contribution in [0.4, 0.5) is 14.5 Å². The molecule has 1 fully saturated rings. The zero-order valence-corrected chi connectivity index (χ0v) is 18.4. The van der Waals surface area contributed by atoms with E-state index in [0.29, 0.717) is 40.7 Å². The molecule has 0 aromatic heterocycles. The lowest BCUT2D eigenvalue weighted by molar-refractivity contribution is -0.120. The SMILES string of the molecule is Cc1ccc(S(=O)(=O)N2CCC(C(=O)Nc3ccccc3SC(F)F)CC2)c(C)c1. The Morgan fingerprint density at radius 3 is 2.43 bits per heavy atom. The number of sulfonamides is 1. The van der Waals surface area contributed by atoms with Gasteiger partial charge in [-0.3, -0.25) is 4.79 Å². The maximum Gasteiger partial charge on any atom is 0.288 e. The Labute approximate surface area is 179 Å². The summed E-state index contributed by atoms with van der Waals surface area (Å²) in [4.78, 5) is 13.2. The molecule has 3 rings (SSSR count). The highest BCUT2D eigenvalue weighted by Crippen LogP contribution is 2.33. The Morgan fingerprint density at radius 1 is 1.13 bits per heavy atom. The summed E-state index contributed by atoms with van der Waals surface area (Å²) in [5.41, 5.74) is 2.04. The average molecular weight is 455 g/mol. The van der Waals surface area contributed by atoms with Crippen LogP contribution in [0.15, 0.2) is 52.3 Å². The van der Waals surface area contributed by atoms with E-state index < -0.39 is 15.8 Å². The third-order valence-electron chi connectivity index (χ3n) is 5.13. The number of halogens is 2. The molecular weight excluding hydrogens is 430 g/mol. The van der Waals surface area contributed by atoms with Crippen LogP contribution >= 0.6 is 11.8 Å². The van der Waals surface area contributed by atoms with E-state index in [1.165, 1.54) is 10.4 Å². The van der Waals surface area contributed by atoms with Crippen molar-refractivity contribution in [1.29, 1.82) is 0 Å². The highest BCUT2D eigenvalue weighted by atomic mass is 32.2. The van der Waals surface area contributed by atoms with Gasteiger partial charge in [-0.25, -0.2) is 8.42 Å². The summed E-state index contributed by atoms with van der Waals surface area (Å²) in [7, 11) is -3.62. The second-order valence-electron chi connectivity index (χ2n) is 7.31. The number of rotatable bonds is 6. The number of carbonyl (C=O) groups is 1. The summed E-state index contributed by atoms with van der Waals surface area (Å²) in [6, 6.07) is 11.7. The molecule has 0 unspecified atom stereocenters. The van der Waals surface area contributed by atoms with Gasteiger partial charge >= 0.3 is 0 Å². The summed E-state index contributed by atoms with van der Waals surface area (Å²) in [6.45, 7) is 4.16. The molecule has 9 heteroatoms. The predicted octanol–water partition coefficient (Wildman–Crippen LogP) is 4.66. The van der Waals surface area contributed by atoms with Crippen molar-refractivity contribution in [2.75, 3.05) is 18.4 Å². The Morgan fingerprint density at radius 2 is 1.80 bits per heavy atom. The molecule has 1 heterocycles. The van der Waals surface area contributed by atoms with Crippen LogP contribution in [0.25, 0.3) is 0 Å². The van der Waals surface area contributed by atoms with E-state index in [9.17, 15) is 22.0 Å². The van der Waals surface area contributed by atoms with Crippen LogP contribution < -0.4 is 5.32 Å². The van der Waals surface area contributed by atoms with Crippen molar-refractivity contribution in [3.8, 4) is 0 Å². The van der Waals surface area contributed by atoms with Gasteiger partial charge in [0.05, 0.1) is 10.6 Å². The van der Waals surface area contributed by atoms with Gasteiger partial charge in [-0.1, -0.05) is 41.6 Å². The normalized spacial score (nSPS) is 16.0. The molecule has 1 N–H and O–H groups in total. The molecule has 0 atom stereocenters. The number of hydrogen-bond acceptors (Lipinski definition) is 4. The highest BCUT2D eigenvalue weighted by molar-refractivity contribution is 7.99. The second-order valence-corrected chi connectivity index (χ2v) is 10.2. The van der Waals surface area contributed by atoms with E-state index in [0.717, 1.165) is 5.56 Å². The van der Waals surface area contributed by atoms with Gasteiger partial charge in [0.1, 0.15) is 0 Å². The van der Waals surface area contributed by atoms with E-state index >= 15 is 0 Å². The zero-order valence-electron chi connectivity index (χ0n) is 16.8. The summed E-state index contributed by atoms with van der Waals surface area (Å²) in [6.07, 6.45) is 0.750. The number of piperidine rings is 1.